The van der Waals surface area contributed by atoms with E-state index in [1.165, 1.54) is 18.0 Å². The van der Waals surface area contributed by atoms with Gasteiger partial charge in [-0.1, -0.05) is 15.9 Å². The summed E-state index contributed by atoms with van der Waals surface area (Å²) >= 11 is 4.92. The summed E-state index contributed by atoms with van der Waals surface area (Å²) in [5.74, 6) is 0.765. The summed E-state index contributed by atoms with van der Waals surface area (Å²) in [5.41, 5.74) is 6.60. The molecule has 0 aliphatic rings. The second kappa shape index (κ2) is 6.05. The summed E-state index contributed by atoms with van der Waals surface area (Å²) in [5, 5.41) is 0. The maximum absolute atomic E-state index is 11.0. The number of thioether (sulfide) groups is 1. The Morgan fingerprint density at radius 2 is 2.06 bits per heavy atom. The Bertz CT molecular complexity index is 460. The molecule has 0 saturated carbocycles. The van der Waals surface area contributed by atoms with Crippen LogP contribution in [0.2, 0.25) is 0 Å². The molecule has 0 heterocycles. The summed E-state index contributed by atoms with van der Waals surface area (Å²) in [7, 11) is -2.88. The third-order valence-electron chi connectivity index (χ3n) is 1.89. The van der Waals surface area contributed by atoms with Crippen LogP contribution in [-0.4, -0.2) is 26.2 Å². The SMILES string of the molecule is CS(=O)(=O)CCSc1cc(Br)cc(CN)c1. The lowest BCUT2D eigenvalue weighted by Gasteiger charge is -2.04. The molecule has 6 heteroatoms. The lowest BCUT2D eigenvalue weighted by atomic mass is 10.2. The maximum atomic E-state index is 11.0. The van der Waals surface area contributed by atoms with Crippen molar-refractivity contribution in [3.05, 3.63) is 28.2 Å². The maximum Gasteiger partial charge on any atom is 0.148 e. The van der Waals surface area contributed by atoms with Crippen LogP contribution < -0.4 is 5.73 Å². The standard InChI is InChI=1S/C10H14BrNO2S2/c1-16(13,14)3-2-15-10-5-8(7-12)4-9(11)6-10/h4-6H,2-3,7,12H2,1H3. The van der Waals surface area contributed by atoms with Crippen LogP contribution in [0, 0.1) is 0 Å². The van der Waals surface area contributed by atoms with Crippen molar-refractivity contribution in [3.63, 3.8) is 0 Å². The van der Waals surface area contributed by atoms with Crippen molar-refractivity contribution in [2.24, 2.45) is 5.73 Å². The lowest BCUT2D eigenvalue weighted by molar-refractivity contribution is 0.603. The molecule has 1 aromatic carbocycles. The number of rotatable bonds is 5. The second-order valence-electron chi connectivity index (χ2n) is 3.48. The van der Waals surface area contributed by atoms with Gasteiger partial charge in [0.1, 0.15) is 9.84 Å². The van der Waals surface area contributed by atoms with Gasteiger partial charge >= 0.3 is 0 Å². The Hall–Kier alpha value is -0.0400. The van der Waals surface area contributed by atoms with Crippen LogP contribution in [0.25, 0.3) is 0 Å². The van der Waals surface area contributed by atoms with Crippen molar-refractivity contribution in [1.29, 1.82) is 0 Å². The van der Waals surface area contributed by atoms with E-state index in [0.717, 1.165) is 14.9 Å². The Labute approximate surface area is 109 Å². The summed E-state index contributed by atoms with van der Waals surface area (Å²) in [6.45, 7) is 0.485. The lowest BCUT2D eigenvalue weighted by Crippen LogP contribution is -2.05. The molecule has 0 aliphatic heterocycles. The summed E-state index contributed by atoms with van der Waals surface area (Å²) in [4.78, 5) is 1.04. The largest absolute Gasteiger partial charge is 0.326 e. The van der Waals surface area contributed by atoms with Crippen LogP contribution in [0.5, 0.6) is 0 Å². The molecule has 3 nitrogen and oxygen atoms in total. The highest BCUT2D eigenvalue weighted by Crippen LogP contribution is 2.24. The molecule has 1 aromatic rings. The normalized spacial score (nSPS) is 11.7. The highest BCUT2D eigenvalue weighted by atomic mass is 79.9. The molecule has 0 radical (unpaired) electrons. The first-order valence-corrected chi connectivity index (χ1v) is 8.55. The van der Waals surface area contributed by atoms with E-state index in [-0.39, 0.29) is 5.75 Å². The van der Waals surface area contributed by atoms with Crippen LogP contribution in [0.4, 0.5) is 0 Å². The Balaban J connectivity index is 2.63. The molecule has 1 rings (SSSR count). The molecule has 0 amide bonds. The van der Waals surface area contributed by atoms with E-state index in [9.17, 15) is 8.42 Å². The minimum Gasteiger partial charge on any atom is -0.326 e. The summed E-state index contributed by atoms with van der Waals surface area (Å²) in [6, 6.07) is 5.91. The molecule has 0 unspecified atom stereocenters. The Kier molecular flexibility index (Phi) is 5.30. The predicted molar refractivity (Wildman–Crippen MR) is 72.5 cm³/mol. The van der Waals surface area contributed by atoms with Gasteiger partial charge in [-0.2, -0.15) is 0 Å². The van der Waals surface area contributed by atoms with E-state index in [0.29, 0.717) is 12.3 Å². The first-order chi connectivity index (χ1) is 7.40. The van der Waals surface area contributed by atoms with Gasteiger partial charge < -0.3 is 5.73 Å². The molecule has 0 aromatic heterocycles. The van der Waals surface area contributed by atoms with Gasteiger partial charge in [-0.05, 0) is 23.8 Å². The minimum atomic E-state index is -2.88. The fraction of sp³-hybridized carbons (Fsp3) is 0.400. The number of nitrogens with two attached hydrogens (primary N) is 1. The molecule has 0 spiro atoms. The zero-order valence-corrected chi connectivity index (χ0v) is 12.2. The summed E-state index contributed by atoms with van der Waals surface area (Å²) < 4.78 is 22.9. The first-order valence-electron chi connectivity index (χ1n) is 4.71. The van der Waals surface area contributed by atoms with E-state index >= 15 is 0 Å². The van der Waals surface area contributed by atoms with Gasteiger partial charge in [0.2, 0.25) is 0 Å². The van der Waals surface area contributed by atoms with Crippen molar-refractivity contribution in [1.82, 2.24) is 0 Å². The third-order valence-corrected chi connectivity index (χ3v) is 4.53. The van der Waals surface area contributed by atoms with Gasteiger partial charge in [0.05, 0.1) is 5.75 Å². The van der Waals surface area contributed by atoms with E-state index in [2.05, 4.69) is 15.9 Å². The van der Waals surface area contributed by atoms with Crippen molar-refractivity contribution in [2.75, 3.05) is 17.8 Å². The van der Waals surface area contributed by atoms with Gasteiger partial charge in [0, 0.05) is 27.9 Å². The van der Waals surface area contributed by atoms with Gasteiger partial charge in [0.15, 0.2) is 0 Å². The molecular weight excluding hydrogens is 310 g/mol. The number of halogens is 1. The molecule has 0 fully saturated rings. The van der Waals surface area contributed by atoms with Crippen molar-refractivity contribution < 1.29 is 8.42 Å². The molecule has 2 N–H and O–H groups in total. The van der Waals surface area contributed by atoms with Gasteiger partial charge in [-0.3, -0.25) is 0 Å². The monoisotopic (exact) mass is 323 g/mol. The summed E-state index contributed by atoms with van der Waals surface area (Å²) in [6.07, 6.45) is 1.25. The fourth-order valence-electron chi connectivity index (χ4n) is 1.13. The van der Waals surface area contributed by atoms with Crippen LogP contribution in [0.1, 0.15) is 5.56 Å². The molecule has 0 aliphatic carbocycles. The quantitative estimate of drug-likeness (QED) is 0.842. The zero-order chi connectivity index (χ0) is 12.2. The molecule has 16 heavy (non-hydrogen) atoms. The molecule has 90 valence electrons. The third kappa shape index (κ3) is 5.34. The van der Waals surface area contributed by atoms with Crippen LogP contribution in [0.3, 0.4) is 0 Å². The average molecular weight is 324 g/mol. The van der Waals surface area contributed by atoms with Crippen molar-refractivity contribution >= 4 is 37.5 Å². The van der Waals surface area contributed by atoms with E-state index in [4.69, 9.17) is 5.73 Å². The van der Waals surface area contributed by atoms with Crippen molar-refractivity contribution in [3.8, 4) is 0 Å². The van der Waals surface area contributed by atoms with Crippen molar-refractivity contribution in [2.45, 2.75) is 11.4 Å². The molecule has 0 atom stereocenters. The predicted octanol–water partition coefficient (Wildman–Crippen LogP) is 2.04. The van der Waals surface area contributed by atoms with Crippen LogP contribution >= 0.6 is 27.7 Å². The highest BCUT2D eigenvalue weighted by Gasteiger charge is 2.04. The van der Waals surface area contributed by atoms with E-state index in [1.54, 1.807) is 0 Å². The zero-order valence-electron chi connectivity index (χ0n) is 8.94. The van der Waals surface area contributed by atoms with Gasteiger partial charge in [-0.25, -0.2) is 8.42 Å². The number of benzene rings is 1. The van der Waals surface area contributed by atoms with E-state index in [1.807, 2.05) is 18.2 Å². The smallest absolute Gasteiger partial charge is 0.148 e. The second-order valence-corrected chi connectivity index (χ2v) is 7.82. The van der Waals surface area contributed by atoms with E-state index < -0.39 is 9.84 Å². The Morgan fingerprint density at radius 1 is 1.38 bits per heavy atom. The Morgan fingerprint density at radius 3 is 2.62 bits per heavy atom. The average Bonchev–Trinajstić information content (AvgIpc) is 2.14. The molecule has 0 bridgehead atoms. The minimum absolute atomic E-state index is 0.197. The van der Waals surface area contributed by atoms with Crippen LogP contribution in [-0.2, 0) is 16.4 Å². The van der Waals surface area contributed by atoms with Crippen LogP contribution in [0.15, 0.2) is 27.6 Å². The van der Waals surface area contributed by atoms with Gasteiger partial charge in [0.25, 0.3) is 0 Å². The molecule has 0 saturated heterocycles. The number of sulfone groups is 1. The van der Waals surface area contributed by atoms with Gasteiger partial charge in [-0.15, -0.1) is 11.8 Å². The highest BCUT2D eigenvalue weighted by molar-refractivity contribution is 9.10. The topological polar surface area (TPSA) is 60.2 Å². The first kappa shape index (κ1) is 14.0. The molecular formula is C10H14BrNO2S2. The number of hydrogen-bond acceptors (Lipinski definition) is 4. The fourth-order valence-corrected chi connectivity index (χ4v) is 4.05. The number of hydrogen-bond donors (Lipinski definition) is 1.